The summed E-state index contributed by atoms with van der Waals surface area (Å²) in [4.78, 5) is 13.2. The monoisotopic (exact) mass is 249 g/mol. The summed E-state index contributed by atoms with van der Waals surface area (Å²) in [6, 6.07) is 6.08. The molecule has 1 aromatic carbocycles. The first-order valence-corrected chi connectivity index (χ1v) is 6.18. The van der Waals surface area contributed by atoms with Gasteiger partial charge in [-0.05, 0) is 51.2 Å². The molecule has 0 aliphatic heterocycles. The molecule has 0 saturated heterocycles. The Bertz CT molecular complexity index is 416. The summed E-state index contributed by atoms with van der Waals surface area (Å²) in [5.74, 6) is -0.376. The Balaban J connectivity index is 2.56. The summed E-state index contributed by atoms with van der Waals surface area (Å²) in [7, 11) is 4.14. The third-order valence-electron chi connectivity index (χ3n) is 3.26. The molecule has 1 aromatic rings. The van der Waals surface area contributed by atoms with E-state index in [0.717, 1.165) is 18.7 Å². The molecule has 0 spiro atoms. The fraction of sp³-hybridized carbons (Fsp3) is 0.500. The number of carbonyl (C=O) groups is 1. The number of likely N-dealkylation sites (N-methyl/N-ethyl adjacent to an activating group) is 1. The maximum atomic E-state index is 11.0. The Hall–Kier alpha value is -1.39. The van der Waals surface area contributed by atoms with E-state index < -0.39 is 0 Å². The van der Waals surface area contributed by atoms with E-state index in [1.807, 2.05) is 19.1 Å². The predicted octanol–water partition coefficient (Wildman–Crippen LogP) is 1.13. The van der Waals surface area contributed by atoms with Gasteiger partial charge in [0.25, 0.3) is 0 Å². The average molecular weight is 249 g/mol. The smallest absolute Gasteiger partial charge is 0.248 e. The zero-order valence-corrected chi connectivity index (χ0v) is 11.7. The highest BCUT2D eigenvalue weighted by atomic mass is 16.1. The van der Waals surface area contributed by atoms with E-state index in [2.05, 4.69) is 31.2 Å². The molecular formula is C14H23N3O. The summed E-state index contributed by atoms with van der Waals surface area (Å²) in [6.45, 7) is 5.92. The van der Waals surface area contributed by atoms with Crippen molar-refractivity contribution in [3.05, 3.63) is 34.9 Å². The molecule has 0 aliphatic carbocycles. The van der Waals surface area contributed by atoms with Crippen molar-refractivity contribution in [2.45, 2.75) is 26.4 Å². The Kier molecular flexibility index (Phi) is 5.31. The number of hydrogen-bond donors (Lipinski definition) is 2. The van der Waals surface area contributed by atoms with Gasteiger partial charge in [0, 0.05) is 24.7 Å². The molecule has 0 fully saturated rings. The van der Waals surface area contributed by atoms with Gasteiger partial charge in [0.2, 0.25) is 5.91 Å². The van der Waals surface area contributed by atoms with Crippen LogP contribution in [-0.2, 0) is 6.54 Å². The van der Waals surface area contributed by atoms with Crippen LogP contribution in [0, 0.1) is 6.92 Å². The second-order valence-corrected chi connectivity index (χ2v) is 4.95. The fourth-order valence-corrected chi connectivity index (χ4v) is 1.65. The topological polar surface area (TPSA) is 58.4 Å². The first-order valence-electron chi connectivity index (χ1n) is 6.18. The minimum absolute atomic E-state index is 0.376. The van der Waals surface area contributed by atoms with Gasteiger partial charge >= 0.3 is 0 Å². The minimum atomic E-state index is -0.376. The van der Waals surface area contributed by atoms with Crippen LogP contribution in [0.25, 0.3) is 0 Å². The van der Waals surface area contributed by atoms with Crippen LogP contribution in [0.15, 0.2) is 18.2 Å². The largest absolute Gasteiger partial charge is 0.366 e. The Labute approximate surface area is 109 Å². The van der Waals surface area contributed by atoms with E-state index in [-0.39, 0.29) is 5.91 Å². The van der Waals surface area contributed by atoms with Crippen LogP contribution < -0.4 is 11.1 Å². The van der Waals surface area contributed by atoms with Crippen molar-refractivity contribution in [3.63, 3.8) is 0 Å². The normalized spacial score (nSPS) is 12.7. The quantitative estimate of drug-likeness (QED) is 0.794. The molecule has 0 radical (unpaired) electrons. The van der Waals surface area contributed by atoms with Gasteiger partial charge in [-0.1, -0.05) is 6.07 Å². The van der Waals surface area contributed by atoms with E-state index in [1.54, 1.807) is 6.07 Å². The molecule has 1 atom stereocenters. The number of benzene rings is 1. The van der Waals surface area contributed by atoms with Crippen molar-refractivity contribution in [1.82, 2.24) is 10.2 Å². The van der Waals surface area contributed by atoms with Crippen molar-refractivity contribution in [3.8, 4) is 0 Å². The number of carbonyl (C=O) groups excluding carboxylic acids is 1. The van der Waals surface area contributed by atoms with Gasteiger partial charge in [-0.2, -0.15) is 0 Å². The molecule has 18 heavy (non-hydrogen) atoms. The lowest BCUT2D eigenvalue weighted by molar-refractivity contribution is 0.1000. The van der Waals surface area contributed by atoms with Gasteiger partial charge in [0.15, 0.2) is 0 Å². The first-order chi connectivity index (χ1) is 8.41. The summed E-state index contributed by atoms with van der Waals surface area (Å²) < 4.78 is 0. The second-order valence-electron chi connectivity index (χ2n) is 4.95. The number of amides is 1. The fourth-order valence-electron chi connectivity index (χ4n) is 1.65. The third-order valence-corrected chi connectivity index (χ3v) is 3.26. The number of nitrogens with two attached hydrogens (primary N) is 1. The average Bonchev–Trinajstić information content (AvgIpc) is 2.30. The molecule has 0 aliphatic rings. The van der Waals surface area contributed by atoms with Crippen molar-refractivity contribution >= 4 is 5.91 Å². The number of hydrogen-bond acceptors (Lipinski definition) is 3. The Morgan fingerprint density at radius 3 is 2.61 bits per heavy atom. The lowest BCUT2D eigenvalue weighted by atomic mass is 10.0. The van der Waals surface area contributed by atoms with Crippen LogP contribution in [0.2, 0.25) is 0 Å². The zero-order valence-electron chi connectivity index (χ0n) is 11.7. The lowest BCUT2D eigenvalue weighted by Crippen LogP contribution is -2.35. The highest BCUT2D eigenvalue weighted by molar-refractivity contribution is 5.93. The molecule has 0 aromatic heterocycles. The molecule has 1 rings (SSSR count). The van der Waals surface area contributed by atoms with Gasteiger partial charge in [-0.25, -0.2) is 0 Å². The van der Waals surface area contributed by atoms with Gasteiger partial charge in [0.05, 0.1) is 0 Å². The Morgan fingerprint density at radius 1 is 1.44 bits per heavy atom. The Morgan fingerprint density at radius 2 is 2.11 bits per heavy atom. The van der Waals surface area contributed by atoms with Crippen molar-refractivity contribution in [1.29, 1.82) is 0 Å². The lowest BCUT2D eigenvalue weighted by Gasteiger charge is -2.20. The van der Waals surface area contributed by atoms with Crippen LogP contribution in [0.3, 0.4) is 0 Å². The molecule has 4 heteroatoms. The first kappa shape index (κ1) is 14.7. The van der Waals surface area contributed by atoms with Gasteiger partial charge in [0.1, 0.15) is 0 Å². The standard InChI is InChI=1S/C14H23N3O/c1-10-7-12(14(15)18)5-6-13(10)9-16-8-11(2)17(3)4/h5-7,11,16H,8-9H2,1-4H3,(H2,15,18). The number of nitrogens with zero attached hydrogens (tertiary/aromatic N) is 1. The maximum Gasteiger partial charge on any atom is 0.248 e. The molecule has 3 N–H and O–H groups in total. The number of rotatable bonds is 6. The van der Waals surface area contributed by atoms with Crippen molar-refractivity contribution in [2.75, 3.05) is 20.6 Å². The van der Waals surface area contributed by atoms with Crippen LogP contribution in [0.4, 0.5) is 0 Å². The zero-order chi connectivity index (χ0) is 13.7. The summed E-state index contributed by atoms with van der Waals surface area (Å²) in [5, 5.41) is 3.41. The van der Waals surface area contributed by atoms with Gasteiger partial charge in [-0.15, -0.1) is 0 Å². The van der Waals surface area contributed by atoms with Crippen LogP contribution in [-0.4, -0.2) is 37.5 Å². The molecule has 0 bridgehead atoms. The molecule has 0 saturated carbocycles. The van der Waals surface area contributed by atoms with Crippen LogP contribution in [0.1, 0.15) is 28.4 Å². The van der Waals surface area contributed by atoms with Crippen LogP contribution in [0.5, 0.6) is 0 Å². The molecule has 1 unspecified atom stereocenters. The van der Waals surface area contributed by atoms with E-state index in [4.69, 9.17) is 5.73 Å². The number of aryl methyl sites for hydroxylation is 1. The molecule has 4 nitrogen and oxygen atoms in total. The highest BCUT2D eigenvalue weighted by Crippen LogP contribution is 2.10. The second kappa shape index (κ2) is 6.52. The summed E-state index contributed by atoms with van der Waals surface area (Å²) in [6.07, 6.45) is 0. The number of nitrogens with one attached hydrogen (secondary N) is 1. The van der Waals surface area contributed by atoms with E-state index >= 15 is 0 Å². The molecular weight excluding hydrogens is 226 g/mol. The van der Waals surface area contributed by atoms with E-state index in [1.165, 1.54) is 5.56 Å². The number of primary amides is 1. The summed E-state index contributed by atoms with van der Waals surface area (Å²) in [5.41, 5.74) is 8.11. The SMILES string of the molecule is Cc1cc(C(N)=O)ccc1CNCC(C)N(C)C. The van der Waals surface area contributed by atoms with Gasteiger partial charge < -0.3 is 16.0 Å². The summed E-state index contributed by atoms with van der Waals surface area (Å²) >= 11 is 0. The highest BCUT2D eigenvalue weighted by Gasteiger charge is 2.06. The van der Waals surface area contributed by atoms with E-state index in [0.29, 0.717) is 11.6 Å². The predicted molar refractivity (Wildman–Crippen MR) is 74.6 cm³/mol. The molecule has 100 valence electrons. The maximum absolute atomic E-state index is 11.0. The van der Waals surface area contributed by atoms with Gasteiger partial charge in [-0.3, -0.25) is 4.79 Å². The third kappa shape index (κ3) is 4.13. The van der Waals surface area contributed by atoms with Crippen molar-refractivity contribution < 1.29 is 4.79 Å². The molecule has 1 amide bonds. The minimum Gasteiger partial charge on any atom is -0.366 e. The van der Waals surface area contributed by atoms with Crippen molar-refractivity contribution in [2.24, 2.45) is 5.73 Å². The van der Waals surface area contributed by atoms with Crippen LogP contribution >= 0.6 is 0 Å². The van der Waals surface area contributed by atoms with E-state index in [9.17, 15) is 4.79 Å². The molecule has 0 heterocycles.